The van der Waals surface area contributed by atoms with Gasteiger partial charge in [0.15, 0.2) is 0 Å². The summed E-state index contributed by atoms with van der Waals surface area (Å²) in [6.07, 6.45) is 2.58. The summed E-state index contributed by atoms with van der Waals surface area (Å²) in [6.45, 7) is 3.31. The van der Waals surface area contributed by atoms with Gasteiger partial charge in [0.25, 0.3) is 0 Å². The molecule has 0 N–H and O–H groups in total. The lowest BCUT2D eigenvalue weighted by Crippen LogP contribution is -2.26. The molecule has 1 aromatic rings. The number of hydrogen-bond acceptors (Lipinski definition) is 2. The van der Waals surface area contributed by atoms with Gasteiger partial charge >= 0.3 is 0 Å². The standard InChI is InChI=1S/C17H19F2NO/c1-12-2-5-14(6-3-12)21-15-8-9-20(11-15)17-10-13(18)4-7-16(17)19/h2-3,5-7,10,13,15H,4,8-9,11H2,1H3. The molecule has 0 amide bonds. The molecule has 112 valence electrons. The van der Waals surface area contributed by atoms with E-state index in [-0.39, 0.29) is 18.4 Å². The lowest BCUT2D eigenvalue weighted by molar-refractivity contribution is 0.208. The second-order valence-electron chi connectivity index (χ2n) is 5.64. The smallest absolute Gasteiger partial charge is 0.142 e. The van der Waals surface area contributed by atoms with Gasteiger partial charge in [-0.3, -0.25) is 0 Å². The van der Waals surface area contributed by atoms with Crippen molar-refractivity contribution >= 4 is 0 Å². The molecule has 0 spiro atoms. The van der Waals surface area contributed by atoms with E-state index in [2.05, 4.69) is 0 Å². The predicted octanol–water partition coefficient (Wildman–Crippen LogP) is 3.93. The van der Waals surface area contributed by atoms with E-state index in [1.807, 2.05) is 36.1 Å². The quantitative estimate of drug-likeness (QED) is 0.836. The molecule has 21 heavy (non-hydrogen) atoms. The van der Waals surface area contributed by atoms with Gasteiger partial charge < -0.3 is 9.64 Å². The van der Waals surface area contributed by atoms with E-state index in [0.717, 1.165) is 12.2 Å². The van der Waals surface area contributed by atoms with Crippen molar-refractivity contribution in [2.75, 3.05) is 13.1 Å². The largest absolute Gasteiger partial charge is 0.489 e. The Hall–Kier alpha value is -1.84. The van der Waals surface area contributed by atoms with Gasteiger partial charge in [0.1, 0.15) is 23.9 Å². The molecular weight excluding hydrogens is 272 g/mol. The van der Waals surface area contributed by atoms with Gasteiger partial charge in [-0.15, -0.1) is 0 Å². The fraction of sp³-hybridized carbons (Fsp3) is 0.412. The van der Waals surface area contributed by atoms with Crippen LogP contribution in [0.1, 0.15) is 18.4 Å². The van der Waals surface area contributed by atoms with E-state index in [0.29, 0.717) is 18.8 Å². The van der Waals surface area contributed by atoms with Gasteiger partial charge in [-0.05, 0) is 31.2 Å². The molecule has 2 unspecified atom stereocenters. The number of allylic oxidation sites excluding steroid dienone is 3. The Morgan fingerprint density at radius 3 is 2.76 bits per heavy atom. The van der Waals surface area contributed by atoms with Crippen LogP contribution >= 0.6 is 0 Å². The Bertz CT molecular complexity index is 565. The molecule has 0 bridgehead atoms. The van der Waals surface area contributed by atoms with Gasteiger partial charge in [-0.25, -0.2) is 8.78 Å². The summed E-state index contributed by atoms with van der Waals surface area (Å²) in [5, 5.41) is 0. The third kappa shape index (κ3) is 3.26. The lowest BCUT2D eigenvalue weighted by atomic mass is 10.1. The van der Waals surface area contributed by atoms with Gasteiger partial charge in [0, 0.05) is 19.4 Å². The summed E-state index contributed by atoms with van der Waals surface area (Å²) in [7, 11) is 0. The van der Waals surface area contributed by atoms with Crippen molar-refractivity contribution in [2.45, 2.75) is 32.0 Å². The van der Waals surface area contributed by atoms with Crippen LogP contribution < -0.4 is 4.74 Å². The number of halogens is 2. The zero-order valence-corrected chi connectivity index (χ0v) is 12.1. The van der Waals surface area contributed by atoms with Crippen LogP contribution in [0.15, 0.2) is 47.9 Å². The van der Waals surface area contributed by atoms with E-state index in [1.165, 1.54) is 17.7 Å². The number of hydrogen-bond donors (Lipinski definition) is 0. The summed E-state index contributed by atoms with van der Waals surface area (Å²) >= 11 is 0. The van der Waals surface area contributed by atoms with Gasteiger partial charge in [-0.1, -0.05) is 17.7 Å². The maximum absolute atomic E-state index is 13.8. The number of alkyl halides is 1. The minimum atomic E-state index is -1.09. The highest BCUT2D eigenvalue weighted by Crippen LogP contribution is 2.29. The summed E-state index contributed by atoms with van der Waals surface area (Å²) in [5.41, 5.74) is 1.56. The number of ether oxygens (including phenoxy) is 1. The van der Waals surface area contributed by atoms with Crippen LogP contribution in [0.3, 0.4) is 0 Å². The molecule has 1 aliphatic heterocycles. The molecule has 4 heteroatoms. The fourth-order valence-electron chi connectivity index (χ4n) is 2.75. The molecule has 2 atom stereocenters. The van der Waals surface area contributed by atoms with Crippen molar-refractivity contribution in [3.05, 3.63) is 53.5 Å². The monoisotopic (exact) mass is 291 g/mol. The first kappa shape index (κ1) is 14.1. The van der Waals surface area contributed by atoms with Crippen LogP contribution in [0.2, 0.25) is 0 Å². The summed E-state index contributed by atoms with van der Waals surface area (Å²) in [6, 6.07) is 7.88. The number of rotatable bonds is 3. The van der Waals surface area contributed by atoms with Crippen molar-refractivity contribution in [3.8, 4) is 5.75 Å². The summed E-state index contributed by atoms with van der Waals surface area (Å²) < 4.78 is 33.1. The minimum Gasteiger partial charge on any atom is -0.489 e. The van der Waals surface area contributed by atoms with Crippen LogP contribution in [0, 0.1) is 6.92 Å². The van der Waals surface area contributed by atoms with E-state index in [4.69, 9.17) is 4.74 Å². The Morgan fingerprint density at radius 1 is 1.24 bits per heavy atom. The first-order chi connectivity index (χ1) is 10.1. The van der Waals surface area contributed by atoms with E-state index in [1.54, 1.807) is 0 Å². The maximum atomic E-state index is 13.8. The molecule has 0 saturated carbocycles. The highest BCUT2D eigenvalue weighted by Gasteiger charge is 2.29. The third-order valence-corrected chi connectivity index (χ3v) is 3.92. The Labute approximate surface area is 123 Å². The Balaban J connectivity index is 1.63. The molecule has 1 fully saturated rings. The zero-order chi connectivity index (χ0) is 14.8. The third-order valence-electron chi connectivity index (χ3n) is 3.92. The number of likely N-dealkylation sites (tertiary alicyclic amines) is 1. The van der Waals surface area contributed by atoms with Gasteiger partial charge in [0.05, 0.1) is 12.2 Å². The Kier molecular flexibility index (Phi) is 3.95. The molecule has 0 radical (unpaired) electrons. The maximum Gasteiger partial charge on any atom is 0.142 e. The normalized spacial score (nSPS) is 25.6. The van der Waals surface area contributed by atoms with Crippen LogP contribution in [-0.4, -0.2) is 30.3 Å². The molecule has 1 heterocycles. The van der Waals surface area contributed by atoms with Crippen LogP contribution in [-0.2, 0) is 0 Å². The van der Waals surface area contributed by atoms with E-state index in [9.17, 15) is 8.78 Å². The molecular formula is C17H19F2NO. The molecule has 0 aromatic heterocycles. The van der Waals surface area contributed by atoms with Crippen LogP contribution in [0.5, 0.6) is 5.75 Å². The average Bonchev–Trinajstić information content (AvgIpc) is 2.92. The minimum absolute atomic E-state index is 0.0152. The van der Waals surface area contributed by atoms with Gasteiger partial charge in [-0.2, -0.15) is 0 Å². The first-order valence-corrected chi connectivity index (χ1v) is 7.32. The summed E-state index contributed by atoms with van der Waals surface area (Å²) in [4.78, 5) is 1.87. The highest BCUT2D eigenvalue weighted by molar-refractivity contribution is 5.31. The molecule has 2 aliphatic rings. The number of aryl methyl sites for hydroxylation is 1. The molecule has 1 saturated heterocycles. The fourth-order valence-corrected chi connectivity index (χ4v) is 2.75. The highest BCUT2D eigenvalue weighted by atomic mass is 19.1. The van der Waals surface area contributed by atoms with Crippen molar-refractivity contribution in [1.29, 1.82) is 0 Å². The van der Waals surface area contributed by atoms with E-state index >= 15 is 0 Å². The van der Waals surface area contributed by atoms with Crippen LogP contribution in [0.25, 0.3) is 0 Å². The van der Waals surface area contributed by atoms with Crippen molar-refractivity contribution in [2.24, 2.45) is 0 Å². The van der Waals surface area contributed by atoms with Crippen LogP contribution in [0.4, 0.5) is 8.78 Å². The molecule has 3 rings (SSSR count). The molecule has 1 aromatic carbocycles. The second kappa shape index (κ2) is 5.88. The molecule has 1 aliphatic carbocycles. The number of nitrogens with zero attached hydrogens (tertiary/aromatic N) is 1. The van der Waals surface area contributed by atoms with E-state index < -0.39 is 6.17 Å². The summed E-state index contributed by atoms with van der Waals surface area (Å²) in [5.74, 6) is 0.504. The van der Waals surface area contributed by atoms with Crippen molar-refractivity contribution < 1.29 is 13.5 Å². The van der Waals surface area contributed by atoms with Gasteiger partial charge in [0.2, 0.25) is 0 Å². The first-order valence-electron chi connectivity index (χ1n) is 7.32. The predicted molar refractivity (Wildman–Crippen MR) is 78.6 cm³/mol. The average molecular weight is 291 g/mol. The topological polar surface area (TPSA) is 12.5 Å². The SMILES string of the molecule is Cc1ccc(OC2CCN(C3=CC(F)CC=C3F)C2)cc1. The van der Waals surface area contributed by atoms with Crippen molar-refractivity contribution in [1.82, 2.24) is 4.90 Å². The second-order valence-corrected chi connectivity index (χ2v) is 5.64. The Morgan fingerprint density at radius 2 is 2.00 bits per heavy atom. The lowest BCUT2D eigenvalue weighted by Gasteiger charge is -2.24. The molecule has 2 nitrogen and oxygen atoms in total. The zero-order valence-electron chi connectivity index (χ0n) is 12.1. The number of benzene rings is 1. The van der Waals surface area contributed by atoms with Crippen molar-refractivity contribution in [3.63, 3.8) is 0 Å².